The first-order chi connectivity index (χ1) is 13.2. The number of aromatic nitrogens is 3. The highest BCUT2D eigenvalue weighted by molar-refractivity contribution is 7.17. The molecule has 0 spiro atoms. The van der Waals surface area contributed by atoms with Crippen LogP contribution in [0.15, 0.2) is 24.5 Å². The molecule has 1 saturated heterocycles. The number of benzene rings is 1. The first-order valence-electron chi connectivity index (χ1n) is 9.29. The van der Waals surface area contributed by atoms with Crippen molar-refractivity contribution in [2.24, 2.45) is 0 Å². The Morgan fingerprint density at radius 1 is 1.30 bits per heavy atom. The first-order valence-corrected chi connectivity index (χ1v) is 10.1. The summed E-state index contributed by atoms with van der Waals surface area (Å²) in [6.45, 7) is 4.64. The second kappa shape index (κ2) is 7.74. The van der Waals surface area contributed by atoms with Gasteiger partial charge in [-0.05, 0) is 38.4 Å². The Morgan fingerprint density at radius 2 is 2.11 bits per heavy atom. The highest BCUT2D eigenvalue weighted by Crippen LogP contribution is 2.46. The molecule has 4 rings (SSSR count). The summed E-state index contributed by atoms with van der Waals surface area (Å²) in [4.78, 5) is 8.15. The maximum Gasteiger partial charge on any atom is 0.230 e. The summed E-state index contributed by atoms with van der Waals surface area (Å²) in [6, 6.07) is 5.83. The third-order valence-corrected chi connectivity index (χ3v) is 5.95. The predicted molar refractivity (Wildman–Crippen MR) is 104 cm³/mol. The van der Waals surface area contributed by atoms with E-state index in [1.165, 1.54) is 22.2 Å². The van der Waals surface area contributed by atoms with Gasteiger partial charge in [0.2, 0.25) is 10.8 Å². The average molecular weight is 388 g/mol. The van der Waals surface area contributed by atoms with E-state index in [0.717, 1.165) is 48.5 Å². The van der Waals surface area contributed by atoms with Crippen molar-refractivity contribution in [3.8, 4) is 17.4 Å². The smallest absolute Gasteiger partial charge is 0.230 e. The summed E-state index contributed by atoms with van der Waals surface area (Å²) in [5.41, 5.74) is 1.00. The van der Waals surface area contributed by atoms with E-state index in [-0.39, 0.29) is 11.9 Å². The Labute approximate surface area is 162 Å². The lowest BCUT2D eigenvalue weighted by molar-refractivity contribution is 0.253. The van der Waals surface area contributed by atoms with E-state index >= 15 is 0 Å². The maximum absolute atomic E-state index is 10.8. The zero-order chi connectivity index (χ0) is 18.8. The molecule has 144 valence electrons. The highest BCUT2D eigenvalue weighted by atomic mass is 32.1. The number of hydrogen-bond acceptors (Lipinski definition) is 7. The van der Waals surface area contributed by atoms with Crippen LogP contribution < -0.4 is 9.47 Å². The van der Waals surface area contributed by atoms with Crippen molar-refractivity contribution in [1.82, 2.24) is 19.5 Å². The number of nitrogens with zero attached hydrogens (tertiary/aromatic N) is 4. The SMILES string of the molecule is CCCOc1c(OC)cccc1C(c1sc2ncnn2c1O)N1CCCC1. The van der Waals surface area contributed by atoms with Gasteiger partial charge in [-0.3, -0.25) is 4.90 Å². The van der Waals surface area contributed by atoms with E-state index in [9.17, 15) is 5.11 Å². The Bertz CT molecular complexity index is 917. The topological polar surface area (TPSA) is 72.1 Å². The van der Waals surface area contributed by atoms with Gasteiger partial charge < -0.3 is 14.6 Å². The zero-order valence-electron chi connectivity index (χ0n) is 15.6. The van der Waals surface area contributed by atoms with Crippen molar-refractivity contribution in [2.45, 2.75) is 32.2 Å². The van der Waals surface area contributed by atoms with Gasteiger partial charge in [-0.15, -0.1) is 0 Å². The minimum Gasteiger partial charge on any atom is -0.493 e. The van der Waals surface area contributed by atoms with Gasteiger partial charge >= 0.3 is 0 Å². The number of para-hydroxylation sites is 1. The highest BCUT2D eigenvalue weighted by Gasteiger charge is 2.33. The molecule has 1 N–H and O–H groups in total. The summed E-state index contributed by atoms with van der Waals surface area (Å²) < 4.78 is 13.2. The minimum absolute atomic E-state index is 0.122. The molecular formula is C19H24N4O3S. The molecule has 0 bridgehead atoms. The van der Waals surface area contributed by atoms with Crippen molar-refractivity contribution in [3.05, 3.63) is 35.0 Å². The number of ether oxygens (including phenoxy) is 2. The molecule has 2 aromatic heterocycles. The first kappa shape index (κ1) is 18.1. The fourth-order valence-electron chi connectivity index (χ4n) is 3.64. The largest absolute Gasteiger partial charge is 0.493 e. The lowest BCUT2D eigenvalue weighted by Crippen LogP contribution is -2.26. The number of likely N-dealkylation sites (tertiary alicyclic amines) is 1. The third kappa shape index (κ3) is 3.23. The van der Waals surface area contributed by atoms with Gasteiger partial charge in [0.1, 0.15) is 6.33 Å². The molecule has 8 heteroatoms. The Balaban J connectivity index is 1.86. The predicted octanol–water partition coefficient (Wildman–Crippen LogP) is 3.48. The van der Waals surface area contributed by atoms with Crippen LogP contribution in [0.3, 0.4) is 0 Å². The molecule has 1 atom stereocenters. The number of methoxy groups -OCH3 is 1. The van der Waals surface area contributed by atoms with Crippen molar-refractivity contribution < 1.29 is 14.6 Å². The summed E-state index contributed by atoms with van der Waals surface area (Å²) in [5, 5.41) is 15.0. The van der Waals surface area contributed by atoms with E-state index in [1.807, 2.05) is 12.1 Å². The molecule has 7 nitrogen and oxygen atoms in total. The summed E-state index contributed by atoms with van der Waals surface area (Å²) >= 11 is 1.47. The monoisotopic (exact) mass is 388 g/mol. The van der Waals surface area contributed by atoms with Crippen LogP contribution in [-0.4, -0.2) is 51.4 Å². The molecule has 1 unspecified atom stereocenters. The Kier molecular flexibility index (Phi) is 5.18. The van der Waals surface area contributed by atoms with Crippen LogP contribution in [0.2, 0.25) is 0 Å². The van der Waals surface area contributed by atoms with Gasteiger partial charge in [0, 0.05) is 5.56 Å². The minimum atomic E-state index is -0.122. The van der Waals surface area contributed by atoms with Crippen molar-refractivity contribution in [1.29, 1.82) is 0 Å². The van der Waals surface area contributed by atoms with Gasteiger partial charge in [-0.2, -0.15) is 9.61 Å². The molecule has 0 saturated carbocycles. The Hall–Kier alpha value is -2.32. The lowest BCUT2D eigenvalue weighted by atomic mass is 10.0. The molecule has 0 amide bonds. The molecule has 1 aliphatic rings. The molecule has 1 aliphatic heterocycles. The average Bonchev–Trinajstić information content (AvgIpc) is 3.42. The van der Waals surface area contributed by atoms with Crippen LogP contribution in [-0.2, 0) is 0 Å². The van der Waals surface area contributed by atoms with E-state index < -0.39 is 0 Å². The van der Waals surface area contributed by atoms with Crippen LogP contribution in [0.1, 0.15) is 42.7 Å². The second-order valence-electron chi connectivity index (χ2n) is 6.62. The molecule has 0 radical (unpaired) electrons. The fraction of sp³-hybridized carbons (Fsp3) is 0.474. The second-order valence-corrected chi connectivity index (χ2v) is 7.63. The van der Waals surface area contributed by atoms with Crippen LogP contribution in [0.25, 0.3) is 4.96 Å². The fourth-order valence-corrected chi connectivity index (χ4v) is 4.73. The molecular weight excluding hydrogens is 364 g/mol. The van der Waals surface area contributed by atoms with E-state index in [1.54, 1.807) is 7.11 Å². The number of aromatic hydroxyl groups is 1. The van der Waals surface area contributed by atoms with Crippen LogP contribution in [0.4, 0.5) is 0 Å². The molecule has 27 heavy (non-hydrogen) atoms. The van der Waals surface area contributed by atoms with Gasteiger partial charge in [-0.1, -0.05) is 30.4 Å². The zero-order valence-corrected chi connectivity index (χ0v) is 16.4. The molecule has 0 aliphatic carbocycles. The summed E-state index contributed by atoms with van der Waals surface area (Å²) in [7, 11) is 1.66. The van der Waals surface area contributed by atoms with E-state index in [2.05, 4.69) is 28.0 Å². The van der Waals surface area contributed by atoms with Crippen molar-refractivity contribution >= 4 is 16.3 Å². The molecule has 3 heterocycles. The third-order valence-electron chi connectivity index (χ3n) is 4.87. The maximum atomic E-state index is 10.8. The van der Waals surface area contributed by atoms with Gasteiger partial charge in [-0.25, -0.2) is 4.98 Å². The number of rotatable bonds is 7. The molecule has 1 fully saturated rings. The van der Waals surface area contributed by atoms with Crippen molar-refractivity contribution in [3.63, 3.8) is 0 Å². The van der Waals surface area contributed by atoms with Crippen LogP contribution in [0, 0.1) is 0 Å². The van der Waals surface area contributed by atoms with Gasteiger partial charge in [0.15, 0.2) is 11.5 Å². The van der Waals surface area contributed by atoms with Crippen LogP contribution >= 0.6 is 11.3 Å². The van der Waals surface area contributed by atoms with Gasteiger partial charge in [0.05, 0.1) is 24.6 Å². The normalized spacial score (nSPS) is 16.1. The summed E-state index contributed by atoms with van der Waals surface area (Å²) in [6.07, 6.45) is 4.66. The number of fused-ring (bicyclic) bond motifs is 1. The Morgan fingerprint density at radius 3 is 2.81 bits per heavy atom. The van der Waals surface area contributed by atoms with Crippen LogP contribution in [0.5, 0.6) is 17.4 Å². The molecule has 1 aromatic carbocycles. The quantitative estimate of drug-likeness (QED) is 0.668. The van der Waals surface area contributed by atoms with E-state index in [0.29, 0.717) is 17.3 Å². The van der Waals surface area contributed by atoms with Crippen molar-refractivity contribution in [2.75, 3.05) is 26.8 Å². The standard InChI is InChI=1S/C19H24N4O3S/c1-3-11-26-16-13(7-6-8-14(16)25-2)15(22-9-4-5-10-22)17-18(24)23-19(27-17)20-12-21-23/h6-8,12,15,24H,3-5,9-11H2,1-2H3. The number of thiazole rings is 1. The number of hydrogen-bond donors (Lipinski definition) is 1. The van der Waals surface area contributed by atoms with E-state index in [4.69, 9.17) is 9.47 Å². The van der Waals surface area contributed by atoms with Gasteiger partial charge in [0.25, 0.3) is 0 Å². The molecule has 3 aromatic rings. The lowest BCUT2D eigenvalue weighted by Gasteiger charge is -2.29. The summed E-state index contributed by atoms with van der Waals surface area (Å²) in [5.74, 6) is 1.61.